The van der Waals surface area contributed by atoms with Gasteiger partial charge in [0.25, 0.3) is 0 Å². The quantitative estimate of drug-likeness (QED) is 0.709. The molecule has 0 aliphatic rings. The van der Waals surface area contributed by atoms with Gasteiger partial charge in [0.1, 0.15) is 0 Å². The van der Waals surface area contributed by atoms with Gasteiger partial charge in [-0.15, -0.1) is 0 Å². The third-order valence-electron chi connectivity index (χ3n) is 2.59. The lowest BCUT2D eigenvalue weighted by atomic mass is 10.3. The van der Waals surface area contributed by atoms with Crippen molar-refractivity contribution in [1.29, 1.82) is 0 Å². The number of benzene rings is 1. The van der Waals surface area contributed by atoms with E-state index in [-0.39, 0.29) is 23.7 Å². The van der Waals surface area contributed by atoms with Crippen LogP contribution in [0, 0.1) is 0 Å². The maximum Gasteiger partial charge on any atom is 0.306 e. The molecule has 0 spiro atoms. The van der Waals surface area contributed by atoms with Crippen molar-refractivity contribution in [3.63, 3.8) is 0 Å². The van der Waals surface area contributed by atoms with Crippen LogP contribution in [0.15, 0.2) is 23.1 Å². The van der Waals surface area contributed by atoms with Crippen molar-refractivity contribution in [2.45, 2.75) is 18.2 Å². The summed E-state index contributed by atoms with van der Waals surface area (Å²) in [5, 5.41) is 0. The fourth-order valence-electron chi connectivity index (χ4n) is 1.58. The van der Waals surface area contributed by atoms with Gasteiger partial charge in [-0.05, 0) is 19.1 Å². The van der Waals surface area contributed by atoms with Gasteiger partial charge in [-0.3, -0.25) is 4.79 Å². The molecule has 0 aliphatic heterocycles. The van der Waals surface area contributed by atoms with Crippen LogP contribution in [-0.2, 0) is 19.4 Å². The Morgan fingerprint density at radius 1 is 1.15 bits per heavy atom. The smallest absolute Gasteiger partial charge is 0.306 e. The van der Waals surface area contributed by atoms with E-state index in [1.807, 2.05) is 0 Å². The Labute approximate surface area is 118 Å². The SMILES string of the molecule is CCOC(=O)CCS(=O)(=O)c1ccc(OC)c(OC)c1. The second-order valence-corrected chi connectivity index (χ2v) is 6.00. The Kier molecular flexibility index (Phi) is 5.82. The molecular weight excluding hydrogens is 284 g/mol. The van der Waals surface area contributed by atoms with Crippen molar-refractivity contribution < 1.29 is 27.4 Å². The number of carbonyl (C=O) groups is 1. The first-order valence-corrected chi connectivity index (χ1v) is 7.70. The van der Waals surface area contributed by atoms with Gasteiger partial charge < -0.3 is 14.2 Å². The average molecular weight is 302 g/mol. The molecule has 0 radical (unpaired) electrons. The first kappa shape index (κ1) is 16.3. The van der Waals surface area contributed by atoms with E-state index in [9.17, 15) is 13.2 Å². The van der Waals surface area contributed by atoms with Gasteiger partial charge in [0.05, 0.1) is 37.9 Å². The van der Waals surface area contributed by atoms with Crippen molar-refractivity contribution in [1.82, 2.24) is 0 Å². The molecule has 112 valence electrons. The predicted molar refractivity (Wildman–Crippen MR) is 72.8 cm³/mol. The van der Waals surface area contributed by atoms with E-state index in [2.05, 4.69) is 0 Å². The van der Waals surface area contributed by atoms with Crippen LogP contribution in [0.1, 0.15) is 13.3 Å². The molecule has 1 aromatic carbocycles. The fourth-order valence-corrected chi connectivity index (χ4v) is 2.81. The highest BCUT2D eigenvalue weighted by Crippen LogP contribution is 2.29. The lowest BCUT2D eigenvalue weighted by Gasteiger charge is -2.10. The maximum absolute atomic E-state index is 12.1. The van der Waals surface area contributed by atoms with Crippen molar-refractivity contribution in [3.05, 3.63) is 18.2 Å². The van der Waals surface area contributed by atoms with Gasteiger partial charge in [-0.2, -0.15) is 0 Å². The van der Waals surface area contributed by atoms with Crippen LogP contribution >= 0.6 is 0 Å². The number of esters is 1. The summed E-state index contributed by atoms with van der Waals surface area (Å²) >= 11 is 0. The number of hydrogen-bond acceptors (Lipinski definition) is 6. The van der Waals surface area contributed by atoms with Crippen LogP contribution in [0.2, 0.25) is 0 Å². The van der Waals surface area contributed by atoms with Crippen molar-refractivity contribution in [2.24, 2.45) is 0 Å². The Bertz CT molecular complexity index is 564. The summed E-state index contributed by atoms with van der Waals surface area (Å²) in [6, 6.07) is 4.30. The van der Waals surface area contributed by atoms with E-state index in [0.717, 1.165) is 0 Å². The molecule has 0 fully saturated rings. The lowest BCUT2D eigenvalue weighted by molar-refractivity contribution is -0.142. The molecule has 7 heteroatoms. The molecule has 0 bridgehead atoms. The summed E-state index contributed by atoms with van der Waals surface area (Å²) in [7, 11) is -0.679. The van der Waals surface area contributed by atoms with Gasteiger partial charge >= 0.3 is 5.97 Å². The van der Waals surface area contributed by atoms with E-state index in [1.54, 1.807) is 6.92 Å². The predicted octanol–water partition coefficient (Wildman–Crippen LogP) is 1.43. The third kappa shape index (κ3) is 4.12. The first-order chi connectivity index (χ1) is 9.44. The first-order valence-electron chi connectivity index (χ1n) is 6.05. The monoisotopic (exact) mass is 302 g/mol. The summed E-state index contributed by atoms with van der Waals surface area (Å²) in [6.07, 6.45) is -0.176. The van der Waals surface area contributed by atoms with Gasteiger partial charge in [0, 0.05) is 6.07 Å². The summed E-state index contributed by atoms with van der Waals surface area (Å²) in [5.41, 5.74) is 0. The van der Waals surface area contributed by atoms with Gasteiger partial charge in [-0.25, -0.2) is 8.42 Å². The Hall–Kier alpha value is -1.76. The van der Waals surface area contributed by atoms with Crippen LogP contribution in [0.25, 0.3) is 0 Å². The topological polar surface area (TPSA) is 78.9 Å². The highest BCUT2D eigenvalue weighted by Gasteiger charge is 2.19. The minimum absolute atomic E-state index is 0.0828. The van der Waals surface area contributed by atoms with Crippen LogP contribution in [0.5, 0.6) is 11.5 Å². The number of carbonyl (C=O) groups excluding carboxylic acids is 1. The molecule has 0 atom stereocenters. The minimum atomic E-state index is -3.57. The van der Waals surface area contributed by atoms with Crippen molar-refractivity contribution >= 4 is 15.8 Å². The Balaban J connectivity index is 2.90. The largest absolute Gasteiger partial charge is 0.493 e. The Morgan fingerprint density at radius 3 is 2.35 bits per heavy atom. The number of sulfone groups is 1. The molecule has 1 rings (SSSR count). The van der Waals surface area contributed by atoms with Gasteiger partial charge in [0.2, 0.25) is 0 Å². The summed E-state index contributed by atoms with van der Waals surface area (Å²) in [6.45, 7) is 1.90. The van der Waals surface area contributed by atoms with Crippen LogP contribution in [-0.4, -0.2) is 41.0 Å². The van der Waals surface area contributed by atoms with E-state index in [1.165, 1.54) is 32.4 Å². The molecule has 0 heterocycles. The number of rotatable bonds is 7. The summed E-state index contributed by atoms with van der Waals surface area (Å²) in [4.78, 5) is 11.3. The number of methoxy groups -OCH3 is 2. The van der Waals surface area contributed by atoms with Crippen LogP contribution in [0.3, 0.4) is 0 Å². The van der Waals surface area contributed by atoms with E-state index < -0.39 is 15.8 Å². The normalized spacial score (nSPS) is 10.9. The summed E-state index contributed by atoms with van der Waals surface area (Å²) in [5.74, 6) is -0.0699. The van der Waals surface area contributed by atoms with Crippen LogP contribution < -0.4 is 9.47 Å². The maximum atomic E-state index is 12.1. The Morgan fingerprint density at radius 2 is 1.80 bits per heavy atom. The molecular formula is C13H18O6S. The molecule has 6 nitrogen and oxygen atoms in total. The van der Waals surface area contributed by atoms with Crippen molar-refractivity contribution in [3.8, 4) is 11.5 Å². The van der Waals surface area contributed by atoms with E-state index >= 15 is 0 Å². The highest BCUT2D eigenvalue weighted by atomic mass is 32.2. The summed E-state index contributed by atoms with van der Waals surface area (Å²) < 4.78 is 39.0. The molecule has 0 aromatic heterocycles. The average Bonchev–Trinajstić information content (AvgIpc) is 2.44. The van der Waals surface area contributed by atoms with Crippen molar-refractivity contribution in [2.75, 3.05) is 26.6 Å². The second-order valence-electron chi connectivity index (χ2n) is 3.89. The molecule has 20 heavy (non-hydrogen) atoms. The zero-order valence-electron chi connectivity index (χ0n) is 11.7. The molecule has 1 aromatic rings. The molecule has 0 saturated carbocycles. The number of ether oxygens (including phenoxy) is 3. The van der Waals surface area contributed by atoms with Crippen LogP contribution in [0.4, 0.5) is 0 Å². The standard InChI is InChI=1S/C13H18O6S/c1-4-19-13(14)7-8-20(15,16)10-5-6-11(17-2)12(9-10)18-3/h5-6,9H,4,7-8H2,1-3H3. The fraction of sp³-hybridized carbons (Fsp3) is 0.462. The minimum Gasteiger partial charge on any atom is -0.493 e. The van der Waals surface area contributed by atoms with E-state index in [0.29, 0.717) is 11.5 Å². The number of hydrogen-bond donors (Lipinski definition) is 0. The van der Waals surface area contributed by atoms with Gasteiger partial charge in [-0.1, -0.05) is 0 Å². The zero-order valence-corrected chi connectivity index (χ0v) is 12.5. The third-order valence-corrected chi connectivity index (χ3v) is 4.31. The van der Waals surface area contributed by atoms with Gasteiger partial charge in [0.15, 0.2) is 21.3 Å². The lowest BCUT2D eigenvalue weighted by Crippen LogP contribution is -2.13. The zero-order chi connectivity index (χ0) is 15.2. The second kappa shape index (κ2) is 7.14. The molecule has 0 aliphatic carbocycles. The molecule has 0 saturated heterocycles. The molecule has 0 unspecified atom stereocenters. The van der Waals surface area contributed by atoms with E-state index in [4.69, 9.17) is 14.2 Å². The molecule has 0 N–H and O–H groups in total. The highest BCUT2D eigenvalue weighted by molar-refractivity contribution is 7.91. The molecule has 0 amide bonds.